The molecule has 1 aromatic rings. The van der Waals surface area contributed by atoms with Gasteiger partial charge in [-0.05, 0) is 40.8 Å². The normalized spacial score (nSPS) is 9.73. The van der Waals surface area contributed by atoms with E-state index in [1.807, 2.05) is 22.6 Å². The summed E-state index contributed by atoms with van der Waals surface area (Å²) in [4.78, 5) is 10.2. The van der Waals surface area contributed by atoms with E-state index in [0.717, 1.165) is 3.57 Å². The molecule has 0 aliphatic carbocycles. The van der Waals surface area contributed by atoms with Crippen molar-refractivity contribution >= 4 is 28.7 Å². The van der Waals surface area contributed by atoms with Crippen LogP contribution in [0.25, 0.3) is 0 Å². The minimum atomic E-state index is -0.873. The highest BCUT2D eigenvalue weighted by molar-refractivity contribution is 14.1. The molecule has 0 atom stereocenters. The van der Waals surface area contributed by atoms with Crippen molar-refractivity contribution in [3.8, 4) is 5.75 Å². The van der Waals surface area contributed by atoms with Gasteiger partial charge in [0.1, 0.15) is 13.2 Å². The Hall–Kier alpha value is -1.05. The fourth-order valence-electron chi connectivity index (χ4n) is 0.886. The van der Waals surface area contributed by atoms with Crippen LogP contribution in [0.1, 0.15) is 0 Å². The van der Waals surface area contributed by atoms with E-state index in [9.17, 15) is 9.18 Å². The highest BCUT2D eigenvalue weighted by Crippen LogP contribution is 2.18. The zero-order chi connectivity index (χ0) is 11.3. The van der Waals surface area contributed by atoms with Crippen molar-refractivity contribution < 1.29 is 18.7 Å². The third-order valence-corrected chi connectivity index (χ3v) is 2.15. The summed E-state index contributed by atoms with van der Waals surface area (Å²) < 4.78 is 23.4. The Morgan fingerprint density at radius 1 is 1.47 bits per heavy atom. The van der Waals surface area contributed by atoms with Gasteiger partial charge >= 0.3 is 6.09 Å². The number of amides is 1. The van der Waals surface area contributed by atoms with Crippen molar-refractivity contribution in [3.05, 3.63) is 27.6 Å². The molecule has 0 bridgehead atoms. The molecule has 0 aliphatic rings. The number of carbonyl (C=O) groups excluding carboxylic acids is 1. The lowest BCUT2D eigenvalue weighted by Gasteiger charge is -2.06. The number of hydrogen-bond donors (Lipinski definition) is 1. The van der Waals surface area contributed by atoms with Crippen molar-refractivity contribution in [1.82, 2.24) is 0 Å². The number of ether oxygens (including phenoxy) is 2. The lowest BCUT2D eigenvalue weighted by molar-refractivity contribution is 0.132. The lowest BCUT2D eigenvalue weighted by atomic mass is 10.3. The number of carbonyl (C=O) groups is 1. The van der Waals surface area contributed by atoms with E-state index in [2.05, 4.69) is 4.74 Å². The molecule has 6 heteroatoms. The minimum Gasteiger partial charge on any atom is -0.487 e. The van der Waals surface area contributed by atoms with Gasteiger partial charge in [-0.25, -0.2) is 9.18 Å². The number of benzene rings is 1. The van der Waals surface area contributed by atoms with Crippen LogP contribution in [-0.4, -0.2) is 19.3 Å². The Balaban J connectivity index is 2.40. The standard InChI is InChI=1S/C9H9FINO3/c10-7-5-6(11)1-2-8(7)14-3-4-15-9(12)13/h1-2,5H,3-4H2,(H2,12,13). The highest BCUT2D eigenvalue weighted by atomic mass is 127. The molecule has 1 rings (SSSR count). The van der Waals surface area contributed by atoms with Crippen LogP contribution in [0.15, 0.2) is 18.2 Å². The number of rotatable bonds is 4. The predicted molar refractivity (Wildman–Crippen MR) is 60.1 cm³/mol. The molecule has 0 saturated carbocycles. The third kappa shape index (κ3) is 4.32. The highest BCUT2D eigenvalue weighted by Gasteiger charge is 2.03. The van der Waals surface area contributed by atoms with Gasteiger partial charge in [-0.3, -0.25) is 0 Å². The van der Waals surface area contributed by atoms with Crippen LogP contribution in [0.5, 0.6) is 5.75 Å². The van der Waals surface area contributed by atoms with E-state index in [-0.39, 0.29) is 19.0 Å². The van der Waals surface area contributed by atoms with E-state index >= 15 is 0 Å². The number of primary amides is 1. The molecule has 0 unspecified atom stereocenters. The van der Waals surface area contributed by atoms with Gasteiger partial charge in [-0.15, -0.1) is 0 Å². The molecule has 82 valence electrons. The average Bonchev–Trinajstić information content (AvgIpc) is 2.14. The summed E-state index contributed by atoms with van der Waals surface area (Å²) in [5, 5.41) is 0. The summed E-state index contributed by atoms with van der Waals surface area (Å²) in [5.41, 5.74) is 4.73. The zero-order valence-electron chi connectivity index (χ0n) is 7.70. The van der Waals surface area contributed by atoms with Crippen LogP contribution >= 0.6 is 22.6 Å². The summed E-state index contributed by atoms with van der Waals surface area (Å²) in [5.74, 6) is -0.315. The molecule has 0 aromatic heterocycles. The van der Waals surface area contributed by atoms with E-state index in [1.165, 1.54) is 12.1 Å². The van der Waals surface area contributed by atoms with Gasteiger partial charge in [-0.1, -0.05) is 0 Å². The molecule has 0 heterocycles. The maximum absolute atomic E-state index is 13.2. The van der Waals surface area contributed by atoms with Crippen molar-refractivity contribution in [2.24, 2.45) is 5.73 Å². The maximum atomic E-state index is 13.2. The van der Waals surface area contributed by atoms with Gasteiger partial charge in [-0.2, -0.15) is 0 Å². The van der Waals surface area contributed by atoms with Crippen molar-refractivity contribution in [2.75, 3.05) is 13.2 Å². The van der Waals surface area contributed by atoms with Crippen LogP contribution in [0.2, 0.25) is 0 Å². The second kappa shape index (κ2) is 5.74. The predicted octanol–water partition coefficient (Wildman–Crippen LogP) is 1.90. The molecule has 0 radical (unpaired) electrons. The fraction of sp³-hybridized carbons (Fsp3) is 0.222. The lowest BCUT2D eigenvalue weighted by Crippen LogP contribution is -2.17. The molecule has 15 heavy (non-hydrogen) atoms. The van der Waals surface area contributed by atoms with Crippen molar-refractivity contribution in [1.29, 1.82) is 0 Å². The summed E-state index contributed by atoms with van der Waals surface area (Å²) in [6.45, 7) is 0.0706. The average molecular weight is 325 g/mol. The van der Waals surface area contributed by atoms with Gasteiger partial charge in [0.2, 0.25) is 0 Å². The largest absolute Gasteiger partial charge is 0.487 e. The summed E-state index contributed by atoms with van der Waals surface area (Å²) in [6, 6.07) is 4.58. The smallest absolute Gasteiger partial charge is 0.404 e. The van der Waals surface area contributed by atoms with E-state index in [1.54, 1.807) is 6.07 Å². The quantitative estimate of drug-likeness (QED) is 0.679. The Labute approximate surface area is 99.7 Å². The van der Waals surface area contributed by atoms with Gasteiger partial charge in [0.25, 0.3) is 0 Å². The molecule has 0 saturated heterocycles. The summed E-state index contributed by atoms with van der Waals surface area (Å²) >= 11 is 1.99. The van der Waals surface area contributed by atoms with E-state index in [4.69, 9.17) is 10.5 Å². The zero-order valence-corrected chi connectivity index (χ0v) is 9.86. The van der Waals surface area contributed by atoms with Crippen LogP contribution in [0, 0.1) is 9.39 Å². The SMILES string of the molecule is NC(=O)OCCOc1ccc(I)cc1F. The third-order valence-electron chi connectivity index (χ3n) is 1.48. The second-order valence-electron chi connectivity index (χ2n) is 2.59. The Morgan fingerprint density at radius 3 is 2.80 bits per heavy atom. The molecular formula is C9H9FINO3. The Morgan fingerprint density at radius 2 is 2.20 bits per heavy atom. The maximum Gasteiger partial charge on any atom is 0.404 e. The second-order valence-corrected chi connectivity index (χ2v) is 3.84. The van der Waals surface area contributed by atoms with Crippen molar-refractivity contribution in [2.45, 2.75) is 0 Å². The first-order valence-electron chi connectivity index (χ1n) is 4.09. The number of hydrogen-bond acceptors (Lipinski definition) is 3. The van der Waals surface area contributed by atoms with Gasteiger partial charge in [0.15, 0.2) is 11.6 Å². The van der Waals surface area contributed by atoms with Gasteiger partial charge < -0.3 is 15.2 Å². The van der Waals surface area contributed by atoms with Crippen LogP contribution in [0.4, 0.5) is 9.18 Å². The molecule has 1 aromatic carbocycles. The van der Waals surface area contributed by atoms with E-state index < -0.39 is 11.9 Å². The van der Waals surface area contributed by atoms with Crippen LogP contribution < -0.4 is 10.5 Å². The Bertz CT molecular complexity index is 359. The summed E-state index contributed by atoms with van der Waals surface area (Å²) in [6.07, 6.45) is -0.873. The minimum absolute atomic E-state index is 0.000754. The molecular weight excluding hydrogens is 316 g/mol. The van der Waals surface area contributed by atoms with Gasteiger partial charge in [0, 0.05) is 3.57 Å². The summed E-state index contributed by atoms with van der Waals surface area (Å²) in [7, 11) is 0. The first kappa shape index (κ1) is 12.0. The van der Waals surface area contributed by atoms with Crippen LogP contribution in [-0.2, 0) is 4.74 Å². The topological polar surface area (TPSA) is 61.6 Å². The van der Waals surface area contributed by atoms with Crippen molar-refractivity contribution in [3.63, 3.8) is 0 Å². The first-order valence-corrected chi connectivity index (χ1v) is 5.17. The molecule has 1 amide bonds. The first-order chi connectivity index (χ1) is 7.09. The molecule has 0 fully saturated rings. The van der Waals surface area contributed by atoms with E-state index in [0.29, 0.717) is 0 Å². The molecule has 4 nitrogen and oxygen atoms in total. The number of halogens is 2. The van der Waals surface area contributed by atoms with Gasteiger partial charge in [0.05, 0.1) is 0 Å². The molecule has 0 spiro atoms. The molecule has 2 N–H and O–H groups in total. The molecule has 0 aliphatic heterocycles. The monoisotopic (exact) mass is 325 g/mol. The van der Waals surface area contributed by atoms with Crippen LogP contribution in [0.3, 0.4) is 0 Å². The fourth-order valence-corrected chi connectivity index (χ4v) is 1.34. The Kier molecular flexibility index (Phi) is 4.60. The number of nitrogens with two attached hydrogens (primary N) is 1.